The molecule has 0 aromatic heterocycles. The number of piperidine rings is 1. The van der Waals surface area contributed by atoms with Crippen molar-refractivity contribution in [3.63, 3.8) is 0 Å². The molecule has 1 fully saturated rings. The zero-order valence-electron chi connectivity index (χ0n) is 21.5. The summed E-state index contributed by atoms with van der Waals surface area (Å²) in [6.07, 6.45) is 3.28. The van der Waals surface area contributed by atoms with E-state index < -0.39 is 29.7 Å². The van der Waals surface area contributed by atoms with Gasteiger partial charge in [-0.1, -0.05) is 36.4 Å². The van der Waals surface area contributed by atoms with E-state index in [1.165, 1.54) is 30.7 Å². The zero-order valence-corrected chi connectivity index (χ0v) is 21.5. The van der Waals surface area contributed by atoms with E-state index in [4.69, 9.17) is 4.74 Å². The van der Waals surface area contributed by atoms with Crippen LogP contribution in [0.3, 0.4) is 0 Å². The molecule has 3 amide bonds. The molecular formula is C28H32F2N4O4. The van der Waals surface area contributed by atoms with Crippen LogP contribution in [0.2, 0.25) is 0 Å². The van der Waals surface area contributed by atoms with Gasteiger partial charge in [-0.05, 0) is 75.0 Å². The van der Waals surface area contributed by atoms with Gasteiger partial charge in [0.15, 0.2) is 11.6 Å². The summed E-state index contributed by atoms with van der Waals surface area (Å²) < 4.78 is 32.3. The summed E-state index contributed by atoms with van der Waals surface area (Å²) in [4.78, 5) is 40.1. The molecular weight excluding hydrogens is 494 g/mol. The Balaban J connectivity index is 1.43. The van der Waals surface area contributed by atoms with Crippen molar-refractivity contribution >= 4 is 18.4 Å². The average molecular weight is 527 g/mol. The lowest BCUT2D eigenvalue weighted by atomic mass is 9.89. The highest BCUT2D eigenvalue weighted by molar-refractivity contribution is 5.95. The minimum absolute atomic E-state index is 0.0212. The Bertz CT molecular complexity index is 1200. The maximum Gasteiger partial charge on any atom is 0.341 e. The summed E-state index contributed by atoms with van der Waals surface area (Å²) >= 11 is 0. The molecule has 2 aliphatic rings. The molecule has 1 N–H and O–H groups in total. The van der Waals surface area contributed by atoms with E-state index >= 15 is 0 Å². The largest absolute Gasteiger partial charge is 0.466 e. The van der Waals surface area contributed by atoms with Crippen molar-refractivity contribution in [1.29, 1.82) is 0 Å². The monoisotopic (exact) mass is 526 g/mol. The fourth-order valence-electron chi connectivity index (χ4n) is 5.23. The van der Waals surface area contributed by atoms with E-state index in [9.17, 15) is 23.2 Å². The highest BCUT2D eigenvalue weighted by Gasteiger charge is 2.39. The van der Waals surface area contributed by atoms with Gasteiger partial charge in [-0.15, -0.1) is 0 Å². The highest BCUT2D eigenvalue weighted by atomic mass is 19.2. The molecule has 1 saturated heterocycles. The first-order valence-electron chi connectivity index (χ1n) is 12.7. The fraction of sp³-hybridized carbons (Fsp3) is 0.393. The molecule has 0 aliphatic carbocycles. The molecule has 0 spiro atoms. The minimum Gasteiger partial charge on any atom is -0.466 e. The van der Waals surface area contributed by atoms with E-state index in [-0.39, 0.29) is 23.4 Å². The number of likely N-dealkylation sites (tertiary alicyclic amines) is 1. The van der Waals surface area contributed by atoms with Crippen molar-refractivity contribution in [3.8, 4) is 0 Å². The van der Waals surface area contributed by atoms with Crippen LogP contribution in [0.15, 0.2) is 59.8 Å². The molecule has 202 valence electrons. The number of methoxy groups -OCH3 is 1. The van der Waals surface area contributed by atoms with Gasteiger partial charge in [-0.3, -0.25) is 4.79 Å². The Morgan fingerprint density at radius 2 is 1.82 bits per heavy atom. The number of carbonyl (C=O) groups is 3. The molecule has 1 unspecified atom stereocenters. The summed E-state index contributed by atoms with van der Waals surface area (Å²) in [6, 6.07) is 11.9. The van der Waals surface area contributed by atoms with Crippen LogP contribution in [0.4, 0.5) is 13.6 Å². The topological polar surface area (TPSA) is 82.2 Å². The number of benzene rings is 2. The molecule has 2 aliphatic heterocycles. The van der Waals surface area contributed by atoms with Gasteiger partial charge >= 0.3 is 12.0 Å². The van der Waals surface area contributed by atoms with Crippen molar-refractivity contribution in [2.75, 3.05) is 33.3 Å². The van der Waals surface area contributed by atoms with Crippen molar-refractivity contribution in [1.82, 2.24) is 20.2 Å². The van der Waals surface area contributed by atoms with Gasteiger partial charge in [0.25, 0.3) is 0 Å². The Kier molecular flexibility index (Phi) is 8.73. The van der Waals surface area contributed by atoms with Crippen LogP contribution in [0, 0.1) is 11.6 Å². The number of amides is 3. The second kappa shape index (κ2) is 12.2. The van der Waals surface area contributed by atoms with E-state index in [1.807, 2.05) is 6.07 Å². The lowest BCUT2D eigenvalue weighted by molar-refractivity contribution is -0.138. The van der Waals surface area contributed by atoms with Gasteiger partial charge in [0.2, 0.25) is 6.41 Å². The number of hydrogen-bond acceptors (Lipinski definition) is 5. The van der Waals surface area contributed by atoms with E-state index in [0.29, 0.717) is 18.7 Å². The second-order valence-corrected chi connectivity index (χ2v) is 9.51. The number of halogens is 2. The van der Waals surface area contributed by atoms with Crippen LogP contribution < -0.4 is 5.32 Å². The molecule has 2 heterocycles. The summed E-state index contributed by atoms with van der Waals surface area (Å²) in [6.45, 7) is 4.42. The fourth-order valence-corrected chi connectivity index (χ4v) is 5.23. The number of hydrogen-bond donors (Lipinski definition) is 1. The van der Waals surface area contributed by atoms with Gasteiger partial charge in [0.05, 0.1) is 24.4 Å². The maximum absolute atomic E-state index is 13.9. The van der Waals surface area contributed by atoms with Gasteiger partial charge in [-0.2, -0.15) is 0 Å². The number of carbonyl (C=O) groups excluding carboxylic acids is 3. The van der Waals surface area contributed by atoms with E-state index in [1.54, 1.807) is 0 Å². The molecule has 38 heavy (non-hydrogen) atoms. The molecule has 1 atom stereocenters. The number of nitrogens with zero attached hydrogens (tertiary/aromatic N) is 3. The van der Waals surface area contributed by atoms with Crippen LogP contribution in [0.5, 0.6) is 0 Å². The Morgan fingerprint density at radius 1 is 1.11 bits per heavy atom. The number of nitrogens with one attached hydrogen (secondary N) is 1. The predicted molar refractivity (Wildman–Crippen MR) is 136 cm³/mol. The predicted octanol–water partition coefficient (Wildman–Crippen LogP) is 4.12. The van der Waals surface area contributed by atoms with E-state index in [0.717, 1.165) is 49.6 Å². The quantitative estimate of drug-likeness (QED) is 0.393. The molecule has 10 heteroatoms. The number of rotatable bonds is 9. The molecule has 8 nitrogen and oxygen atoms in total. The van der Waals surface area contributed by atoms with Crippen molar-refractivity contribution in [3.05, 3.63) is 82.6 Å². The standard InChI is InChI=1S/C28H32F2N4O4/c1-19-25(27(36)38-2)26(22-9-10-23(29)24(30)17-22)31-28(37)34(19)33(18-35)14-6-13-32-15-11-21(12-16-32)20-7-4-3-5-8-20/h3-5,7-10,17-18,21,26H,6,11-16H2,1-2H3,(H,31,37). The first kappa shape index (κ1) is 27.3. The first-order valence-corrected chi connectivity index (χ1v) is 12.7. The second-order valence-electron chi connectivity index (χ2n) is 9.51. The van der Waals surface area contributed by atoms with E-state index in [2.05, 4.69) is 34.5 Å². The van der Waals surface area contributed by atoms with Crippen LogP contribution in [-0.4, -0.2) is 66.6 Å². The first-order chi connectivity index (χ1) is 18.3. The van der Waals surface area contributed by atoms with Crippen LogP contribution >= 0.6 is 0 Å². The van der Waals surface area contributed by atoms with Gasteiger partial charge in [0, 0.05) is 6.54 Å². The summed E-state index contributed by atoms with van der Waals surface area (Å²) in [5.41, 5.74) is 1.73. The summed E-state index contributed by atoms with van der Waals surface area (Å²) in [5, 5.41) is 4.94. The third kappa shape index (κ3) is 5.85. The average Bonchev–Trinajstić information content (AvgIpc) is 2.93. The third-order valence-electron chi connectivity index (χ3n) is 7.24. The maximum atomic E-state index is 13.9. The molecule has 4 rings (SSSR count). The van der Waals surface area contributed by atoms with Crippen molar-refractivity contribution in [2.45, 2.75) is 38.1 Å². The number of urea groups is 1. The van der Waals surface area contributed by atoms with Crippen LogP contribution in [0.1, 0.15) is 49.3 Å². The molecule has 0 bridgehead atoms. The number of allylic oxidation sites excluding steroid dienone is 1. The smallest absolute Gasteiger partial charge is 0.341 e. The van der Waals surface area contributed by atoms with Gasteiger partial charge in [0.1, 0.15) is 0 Å². The van der Waals surface area contributed by atoms with Gasteiger partial charge < -0.3 is 15.0 Å². The number of hydrazine groups is 1. The highest BCUT2D eigenvalue weighted by Crippen LogP contribution is 2.33. The molecule has 0 radical (unpaired) electrons. The number of esters is 1. The van der Waals surface area contributed by atoms with Gasteiger partial charge in [-0.25, -0.2) is 28.4 Å². The summed E-state index contributed by atoms with van der Waals surface area (Å²) in [5.74, 6) is -2.37. The Hall–Kier alpha value is -3.79. The Labute approximate surface area is 220 Å². The minimum atomic E-state index is -1.11. The van der Waals surface area contributed by atoms with Crippen molar-refractivity contribution in [2.24, 2.45) is 0 Å². The molecule has 2 aromatic carbocycles. The number of ether oxygens (including phenoxy) is 1. The normalized spacial score (nSPS) is 18.8. The van der Waals surface area contributed by atoms with Crippen molar-refractivity contribution < 1.29 is 27.9 Å². The third-order valence-corrected chi connectivity index (χ3v) is 7.24. The lowest BCUT2D eigenvalue weighted by Crippen LogP contribution is -2.55. The lowest BCUT2D eigenvalue weighted by Gasteiger charge is -2.39. The zero-order chi connectivity index (χ0) is 27.2. The SMILES string of the molecule is COC(=O)C1=C(C)N(N(C=O)CCCN2CCC(c3ccccc3)CC2)C(=O)NC1c1ccc(F)c(F)c1. The molecule has 2 aromatic rings. The molecule has 0 saturated carbocycles. The van der Waals surface area contributed by atoms with Crippen LogP contribution in [-0.2, 0) is 14.3 Å². The Morgan fingerprint density at radius 3 is 2.45 bits per heavy atom. The summed E-state index contributed by atoms with van der Waals surface area (Å²) in [7, 11) is 1.18. The van der Waals surface area contributed by atoms with Crippen LogP contribution in [0.25, 0.3) is 0 Å².